The number of hydrogen-bond donors (Lipinski definition) is 0. The van der Waals surface area contributed by atoms with Crippen molar-refractivity contribution in [2.75, 3.05) is 20.3 Å². The van der Waals surface area contributed by atoms with Crippen LogP contribution in [-0.2, 0) is 14.3 Å². The quantitative estimate of drug-likeness (QED) is 0.141. The topological polar surface area (TPSA) is 74.4 Å². The highest BCUT2D eigenvalue weighted by Crippen LogP contribution is 2.36. The second-order valence-corrected chi connectivity index (χ2v) is 8.44. The van der Waals surface area contributed by atoms with Crippen molar-refractivity contribution in [3.05, 3.63) is 91.5 Å². The number of esters is 1. The summed E-state index contributed by atoms with van der Waals surface area (Å²) in [6.07, 6.45) is 1.92. The molecule has 3 aromatic rings. The number of benzene rings is 3. The number of carbonyl (C=O) groups is 2. The molecule has 0 saturated carbocycles. The lowest BCUT2D eigenvalue weighted by atomic mass is 9.99. The van der Waals surface area contributed by atoms with Crippen LogP contribution in [0.25, 0.3) is 22.3 Å². The maximum absolute atomic E-state index is 11.1. The zero-order chi connectivity index (χ0) is 28.5. The molecule has 1 fully saturated rings. The Balaban J connectivity index is 0.000000708. The zero-order valence-corrected chi connectivity index (χ0v) is 23.0. The van der Waals surface area contributed by atoms with Gasteiger partial charge in [-0.3, -0.25) is 4.79 Å². The summed E-state index contributed by atoms with van der Waals surface area (Å²) in [6.45, 7) is 17.4. The van der Waals surface area contributed by atoms with Gasteiger partial charge < -0.3 is 23.7 Å². The smallest absolute Gasteiger partial charge is 0.308 e. The van der Waals surface area contributed by atoms with Crippen molar-refractivity contribution in [3.8, 4) is 39.5 Å². The maximum Gasteiger partial charge on any atom is 0.308 e. The van der Waals surface area contributed by atoms with E-state index in [1.807, 2.05) is 76.1 Å². The van der Waals surface area contributed by atoms with Crippen LogP contribution >= 0.6 is 0 Å². The average Bonchev–Trinajstić information content (AvgIpc) is 3.74. The Bertz CT molecular complexity index is 1140. The van der Waals surface area contributed by atoms with Crippen LogP contribution in [0.2, 0.25) is 0 Å². The predicted molar refractivity (Wildman–Crippen MR) is 154 cm³/mol. The fraction of sp³-hybridized carbons (Fsp3) is 0.250. The molecule has 6 nitrogen and oxygen atoms in total. The lowest BCUT2D eigenvalue weighted by Gasteiger charge is -2.14. The van der Waals surface area contributed by atoms with Gasteiger partial charge in [0.25, 0.3) is 0 Å². The molecule has 0 radical (unpaired) electrons. The third-order valence-electron chi connectivity index (χ3n) is 4.66. The summed E-state index contributed by atoms with van der Waals surface area (Å²) in [5.74, 6) is 1.79. The van der Waals surface area contributed by atoms with Crippen molar-refractivity contribution >= 4 is 12.8 Å². The molecule has 4 rings (SSSR count). The summed E-state index contributed by atoms with van der Waals surface area (Å²) in [5, 5.41) is 0. The summed E-state index contributed by atoms with van der Waals surface area (Å²) in [7, 11) is 1.66. The van der Waals surface area contributed by atoms with E-state index in [1.54, 1.807) is 25.3 Å². The van der Waals surface area contributed by atoms with Crippen molar-refractivity contribution in [2.45, 2.75) is 33.8 Å². The molecule has 1 aliphatic heterocycles. The first-order valence-electron chi connectivity index (χ1n) is 12.1. The van der Waals surface area contributed by atoms with Crippen LogP contribution < -0.4 is 14.2 Å². The highest BCUT2D eigenvalue weighted by atomic mass is 16.6. The van der Waals surface area contributed by atoms with E-state index in [0.29, 0.717) is 12.4 Å². The highest BCUT2D eigenvalue weighted by molar-refractivity contribution is 5.77. The monoisotopic (exact) mass is 518 g/mol. The molecular formula is C32H38O6. The number of carbonyl (C=O) groups excluding carboxylic acids is 2. The summed E-state index contributed by atoms with van der Waals surface area (Å²) in [6, 6.07) is 21.5. The van der Waals surface area contributed by atoms with Gasteiger partial charge >= 0.3 is 5.97 Å². The van der Waals surface area contributed by atoms with Crippen molar-refractivity contribution in [3.63, 3.8) is 0 Å². The minimum atomic E-state index is -0.338. The summed E-state index contributed by atoms with van der Waals surface area (Å²) in [5.41, 5.74) is 5.25. The molecule has 1 unspecified atom stereocenters. The number of hydrogen-bond acceptors (Lipinski definition) is 6. The Hall–Kier alpha value is -4.16. The third kappa shape index (κ3) is 11.7. The van der Waals surface area contributed by atoms with Gasteiger partial charge in [0, 0.05) is 12.5 Å². The zero-order valence-electron chi connectivity index (χ0n) is 23.0. The molecule has 6 heteroatoms. The molecule has 202 valence electrons. The summed E-state index contributed by atoms with van der Waals surface area (Å²) in [4.78, 5) is 19.1. The summed E-state index contributed by atoms with van der Waals surface area (Å²) < 4.78 is 21.7. The number of allylic oxidation sites excluding steroid dienone is 2. The number of methoxy groups -OCH3 is 1. The lowest BCUT2D eigenvalue weighted by Crippen LogP contribution is -2.05. The van der Waals surface area contributed by atoms with Crippen LogP contribution in [0.4, 0.5) is 0 Å². The van der Waals surface area contributed by atoms with Crippen molar-refractivity contribution in [1.29, 1.82) is 0 Å². The van der Waals surface area contributed by atoms with Gasteiger partial charge in [-0.2, -0.15) is 0 Å². The van der Waals surface area contributed by atoms with Gasteiger partial charge in [-0.05, 0) is 67.8 Å². The Labute approximate surface area is 226 Å². The predicted octanol–water partition coefficient (Wildman–Crippen LogP) is 7.32. The number of ether oxygens (including phenoxy) is 4. The largest absolute Gasteiger partial charge is 0.497 e. The van der Waals surface area contributed by atoms with Crippen molar-refractivity contribution in [1.82, 2.24) is 0 Å². The van der Waals surface area contributed by atoms with Gasteiger partial charge in [0.05, 0.1) is 13.7 Å². The van der Waals surface area contributed by atoms with Crippen LogP contribution in [0.1, 0.15) is 27.7 Å². The first-order chi connectivity index (χ1) is 18.3. The minimum Gasteiger partial charge on any atom is -0.497 e. The number of epoxide rings is 1. The summed E-state index contributed by atoms with van der Waals surface area (Å²) >= 11 is 0. The van der Waals surface area contributed by atoms with Crippen LogP contribution in [0, 0.1) is 0 Å². The van der Waals surface area contributed by atoms with E-state index in [0.717, 1.165) is 40.4 Å². The van der Waals surface area contributed by atoms with Gasteiger partial charge in [-0.15, -0.1) is 13.2 Å². The molecule has 1 aliphatic rings. The molecule has 0 bridgehead atoms. The third-order valence-corrected chi connectivity index (χ3v) is 4.66. The first kappa shape index (κ1) is 31.9. The second kappa shape index (κ2) is 17.3. The fourth-order valence-corrected chi connectivity index (χ4v) is 3.06. The van der Waals surface area contributed by atoms with Crippen LogP contribution in [0.5, 0.6) is 17.2 Å². The van der Waals surface area contributed by atoms with E-state index in [4.69, 9.17) is 23.7 Å². The van der Waals surface area contributed by atoms with Crippen molar-refractivity contribution < 1.29 is 28.5 Å². The van der Waals surface area contributed by atoms with Gasteiger partial charge in [0.2, 0.25) is 0 Å². The van der Waals surface area contributed by atoms with Gasteiger partial charge in [-0.25, -0.2) is 0 Å². The fourth-order valence-electron chi connectivity index (χ4n) is 3.06. The SMILES string of the molecule is C=C(C)C.C=CC.C=O.COc1ccc(-c2ccc(-c3ccc(OC(C)=O)cc3)c(OCC3CO3)c2)cc1. The molecule has 1 heterocycles. The molecule has 0 aromatic heterocycles. The van der Waals surface area contributed by atoms with E-state index >= 15 is 0 Å². The number of rotatable bonds is 7. The first-order valence-corrected chi connectivity index (χ1v) is 12.1. The molecular weight excluding hydrogens is 480 g/mol. The normalized spacial score (nSPS) is 12.5. The van der Waals surface area contributed by atoms with Crippen LogP contribution in [0.15, 0.2) is 91.5 Å². The van der Waals surface area contributed by atoms with E-state index in [1.165, 1.54) is 12.5 Å². The van der Waals surface area contributed by atoms with Gasteiger partial charge in [0.1, 0.15) is 36.7 Å². The molecule has 0 aliphatic carbocycles. The average molecular weight is 519 g/mol. The molecule has 1 saturated heterocycles. The van der Waals surface area contributed by atoms with Gasteiger partial charge in [-0.1, -0.05) is 48.0 Å². The van der Waals surface area contributed by atoms with Crippen molar-refractivity contribution in [2.24, 2.45) is 0 Å². The standard InChI is InChI=1S/C24H22O5.C4H8.C3H6.CH2O/c1-16(25)29-21-10-5-18(6-11-21)23-12-7-19(13-24(23)28-15-22-14-27-22)17-3-8-20(26-2)9-4-17;1-4(2)3;1-3-2;1-2/h3-13,22H,14-15H2,1-2H3;1H2,2-3H3;3H,1H2,2H3;1H2. The van der Waals surface area contributed by atoms with E-state index < -0.39 is 0 Å². The molecule has 0 amide bonds. The highest BCUT2D eigenvalue weighted by Gasteiger charge is 2.24. The molecule has 0 spiro atoms. The maximum atomic E-state index is 11.1. The lowest BCUT2D eigenvalue weighted by molar-refractivity contribution is -0.131. The molecule has 38 heavy (non-hydrogen) atoms. The Kier molecular flexibility index (Phi) is 14.5. The second-order valence-electron chi connectivity index (χ2n) is 8.44. The van der Waals surface area contributed by atoms with Crippen LogP contribution in [0.3, 0.4) is 0 Å². The Morgan fingerprint density at radius 3 is 1.87 bits per heavy atom. The Morgan fingerprint density at radius 1 is 0.921 bits per heavy atom. The van der Waals surface area contributed by atoms with E-state index in [-0.39, 0.29) is 12.1 Å². The molecule has 3 aromatic carbocycles. The van der Waals surface area contributed by atoms with Crippen LogP contribution in [-0.4, -0.2) is 39.2 Å². The van der Waals surface area contributed by atoms with E-state index in [9.17, 15) is 4.79 Å². The Morgan fingerprint density at radius 2 is 1.39 bits per heavy atom. The molecule has 0 N–H and O–H groups in total. The molecule has 1 atom stereocenters. The van der Waals surface area contributed by atoms with Gasteiger partial charge in [0.15, 0.2) is 0 Å². The minimum absolute atomic E-state index is 0.166. The van der Waals surface area contributed by atoms with E-state index in [2.05, 4.69) is 19.2 Å².